The zero-order valence-corrected chi connectivity index (χ0v) is 18.4. The van der Waals surface area contributed by atoms with Gasteiger partial charge >= 0.3 is 0 Å². The SMILES string of the molecule is Cc1nc(NC2CCC(NC(=O)C3CCCC3)CC2)c2cnn(-c3ccccc3F)c2n1. The Labute approximate surface area is 186 Å². The third-order valence-electron chi connectivity index (χ3n) is 6.76. The number of anilines is 1. The number of fused-ring (bicyclic) bond motifs is 1. The van der Waals surface area contributed by atoms with E-state index in [0.29, 0.717) is 17.2 Å². The molecule has 5 rings (SSSR count). The van der Waals surface area contributed by atoms with Crippen LogP contribution in [0, 0.1) is 18.7 Å². The minimum Gasteiger partial charge on any atom is -0.367 e. The van der Waals surface area contributed by atoms with Crippen molar-refractivity contribution in [2.24, 2.45) is 5.92 Å². The third-order valence-corrected chi connectivity index (χ3v) is 6.76. The first kappa shape index (κ1) is 20.8. The first-order chi connectivity index (χ1) is 15.6. The molecule has 7 nitrogen and oxygen atoms in total. The molecule has 1 amide bonds. The van der Waals surface area contributed by atoms with Gasteiger partial charge < -0.3 is 10.6 Å². The monoisotopic (exact) mass is 436 g/mol. The highest BCUT2D eigenvalue weighted by Crippen LogP contribution is 2.29. The van der Waals surface area contributed by atoms with Gasteiger partial charge in [-0.1, -0.05) is 25.0 Å². The summed E-state index contributed by atoms with van der Waals surface area (Å²) in [5, 5.41) is 12.0. The fraction of sp³-hybridized carbons (Fsp3) is 0.500. The van der Waals surface area contributed by atoms with Crippen molar-refractivity contribution >= 4 is 22.8 Å². The number of hydrogen-bond acceptors (Lipinski definition) is 5. The van der Waals surface area contributed by atoms with Gasteiger partial charge in [-0.3, -0.25) is 4.79 Å². The number of nitrogens with one attached hydrogen (secondary N) is 2. The molecule has 2 aliphatic carbocycles. The topological polar surface area (TPSA) is 84.7 Å². The van der Waals surface area contributed by atoms with E-state index in [1.807, 2.05) is 6.92 Å². The molecular formula is C24H29FN6O. The maximum absolute atomic E-state index is 14.3. The van der Waals surface area contributed by atoms with Crippen molar-refractivity contribution in [1.29, 1.82) is 0 Å². The Morgan fingerprint density at radius 3 is 2.50 bits per heavy atom. The summed E-state index contributed by atoms with van der Waals surface area (Å²) in [6.45, 7) is 1.83. The van der Waals surface area contributed by atoms with E-state index in [4.69, 9.17) is 0 Å². The van der Waals surface area contributed by atoms with Crippen LogP contribution in [-0.4, -0.2) is 37.7 Å². The number of hydrogen-bond donors (Lipinski definition) is 2. The third kappa shape index (κ3) is 4.18. The Morgan fingerprint density at radius 2 is 1.75 bits per heavy atom. The van der Waals surface area contributed by atoms with Crippen molar-refractivity contribution in [2.45, 2.75) is 70.4 Å². The molecule has 0 bridgehead atoms. The summed E-state index contributed by atoms with van der Waals surface area (Å²) in [5.74, 6) is 1.45. The van der Waals surface area contributed by atoms with Crippen molar-refractivity contribution in [3.05, 3.63) is 42.1 Å². The minimum atomic E-state index is -0.346. The predicted molar refractivity (Wildman–Crippen MR) is 121 cm³/mol. The molecule has 2 saturated carbocycles. The van der Waals surface area contributed by atoms with Crippen LogP contribution in [0.25, 0.3) is 16.7 Å². The lowest BCUT2D eigenvalue weighted by Crippen LogP contribution is -2.42. The maximum Gasteiger partial charge on any atom is 0.223 e. The second-order valence-corrected chi connectivity index (χ2v) is 9.05. The van der Waals surface area contributed by atoms with Crippen molar-refractivity contribution in [2.75, 3.05) is 5.32 Å². The van der Waals surface area contributed by atoms with Crippen LogP contribution < -0.4 is 10.6 Å². The lowest BCUT2D eigenvalue weighted by atomic mass is 9.90. The molecule has 0 aliphatic heterocycles. The largest absolute Gasteiger partial charge is 0.367 e. The van der Waals surface area contributed by atoms with Crippen LogP contribution in [0.4, 0.5) is 10.2 Å². The first-order valence-corrected chi connectivity index (χ1v) is 11.6. The molecule has 0 spiro atoms. The Kier molecular flexibility index (Phi) is 5.76. The van der Waals surface area contributed by atoms with Crippen LogP contribution in [0.1, 0.15) is 57.2 Å². The molecular weight excluding hydrogens is 407 g/mol. The average molecular weight is 437 g/mol. The van der Waals surface area contributed by atoms with Gasteiger partial charge in [0.25, 0.3) is 0 Å². The zero-order chi connectivity index (χ0) is 22.1. The van der Waals surface area contributed by atoms with Gasteiger partial charge in [0, 0.05) is 18.0 Å². The minimum absolute atomic E-state index is 0.217. The van der Waals surface area contributed by atoms with Gasteiger partial charge in [0.05, 0.1) is 11.6 Å². The van der Waals surface area contributed by atoms with E-state index in [0.717, 1.165) is 49.7 Å². The van der Waals surface area contributed by atoms with E-state index in [2.05, 4.69) is 25.7 Å². The highest BCUT2D eigenvalue weighted by Gasteiger charge is 2.28. The van der Waals surface area contributed by atoms with E-state index >= 15 is 0 Å². The van der Waals surface area contributed by atoms with Gasteiger partial charge in [-0.25, -0.2) is 19.0 Å². The fourth-order valence-electron chi connectivity index (χ4n) is 5.01. The Balaban J connectivity index is 1.28. The van der Waals surface area contributed by atoms with Gasteiger partial charge in [-0.05, 0) is 57.6 Å². The zero-order valence-electron chi connectivity index (χ0n) is 18.4. The molecule has 3 aromatic rings. The second-order valence-electron chi connectivity index (χ2n) is 9.05. The molecule has 0 saturated heterocycles. The highest BCUT2D eigenvalue weighted by molar-refractivity contribution is 5.87. The van der Waals surface area contributed by atoms with E-state index in [9.17, 15) is 9.18 Å². The van der Waals surface area contributed by atoms with Crippen molar-refractivity contribution < 1.29 is 9.18 Å². The van der Waals surface area contributed by atoms with Gasteiger partial charge in [-0.2, -0.15) is 5.10 Å². The number of halogens is 1. The van der Waals surface area contributed by atoms with Gasteiger partial charge in [-0.15, -0.1) is 0 Å². The quantitative estimate of drug-likeness (QED) is 0.623. The Hall–Kier alpha value is -3.03. The molecule has 8 heteroatoms. The summed E-state index contributed by atoms with van der Waals surface area (Å²) in [4.78, 5) is 21.6. The number of para-hydroxylation sites is 1. The highest BCUT2D eigenvalue weighted by atomic mass is 19.1. The molecule has 2 heterocycles. The van der Waals surface area contributed by atoms with Crippen LogP contribution in [-0.2, 0) is 4.79 Å². The summed E-state index contributed by atoms with van der Waals surface area (Å²) >= 11 is 0. The number of benzene rings is 1. The summed E-state index contributed by atoms with van der Waals surface area (Å²) in [6.07, 6.45) is 9.94. The van der Waals surface area contributed by atoms with E-state index in [1.165, 1.54) is 23.6 Å². The number of aryl methyl sites for hydroxylation is 1. The molecule has 168 valence electrons. The fourth-order valence-corrected chi connectivity index (χ4v) is 5.01. The van der Waals surface area contributed by atoms with E-state index < -0.39 is 0 Å². The molecule has 2 aliphatic rings. The lowest BCUT2D eigenvalue weighted by molar-refractivity contribution is -0.125. The Bertz CT molecular complexity index is 1110. The van der Waals surface area contributed by atoms with Gasteiger partial charge in [0.15, 0.2) is 5.65 Å². The van der Waals surface area contributed by atoms with Crippen LogP contribution >= 0.6 is 0 Å². The number of rotatable bonds is 5. The van der Waals surface area contributed by atoms with Gasteiger partial charge in [0.2, 0.25) is 5.91 Å². The Morgan fingerprint density at radius 1 is 1.03 bits per heavy atom. The van der Waals surface area contributed by atoms with Crippen molar-refractivity contribution in [1.82, 2.24) is 25.1 Å². The van der Waals surface area contributed by atoms with Crippen LogP contribution in [0.3, 0.4) is 0 Å². The standard InChI is InChI=1S/C24H29FN6O/c1-15-27-22(19-14-26-31(23(19)28-15)21-9-5-4-8-20(21)25)29-17-10-12-18(13-11-17)30-24(32)16-6-2-3-7-16/h4-5,8-9,14,16-18H,2-3,6-7,10-13H2,1H3,(H,30,32)(H,27,28,29). The number of nitrogens with zero attached hydrogens (tertiary/aromatic N) is 4. The summed E-state index contributed by atoms with van der Waals surface area (Å²) < 4.78 is 15.9. The predicted octanol–water partition coefficient (Wildman–Crippen LogP) is 4.29. The van der Waals surface area contributed by atoms with E-state index in [1.54, 1.807) is 24.4 Å². The smallest absolute Gasteiger partial charge is 0.223 e. The van der Waals surface area contributed by atoms with Crippen molar-refractivity contribution in [3.8, 4) is 5.69 Å². The molecule has 2 aromatic heterocycles. The number of amides is 1. The van der Waals surface area contributed by atoms with Crippen LogP contribution in [0.2, 0.25) is 0 Å². The van der Waals surface area contributed by atoms with Crippen molar-refractivity contribution in [3.63, 3.8) is 0 Å². The second kappa shape index (κ2) is 8.84. The summed E-state index contributed by atoms with van der Waals surface area (Å²) in [7, 11) is 0. The first-order valence-electron chi connectivity index (χ1n) is 11.6. The molecule has 1 aromatic carbocycles. The molecule has 2 fully saturated rings. The van der Waals surface area contributed by atoms with Crippen LogP contribution in [0.5, 0.6) is 0 Å². The molecule has 0 unspecified atom stereocenters. The van der Waals surface area contributed by atoms with Crippen LogP contribution in [0.15, 0.2) is 30.5 Å². The maximum atomic E-state index is 14.3. The summed E-state index contributed by atoms with van der Waals surface area (Å²) in [6, 6.07) is 7.07. The number of carbonyl (C=O) groups excluding carboxylic acids is 1. The average Bonchev–Trinajstić information content (AvgIpc) is 3.46. The number of aromatic nitrogens is 4. The lowest BCUT2D eigenvalue weighted by Gasteiger charge is -2.30. The van der Waals surface area contributed by atoms with Gasteiger partial charge in [0.1, 0.15) is 23.1 Å². The molecule has 32 heavy (non-hydrogen) atoms. The van der Waals surface area contributed by atoms with E-state index in [-0.39, 0.29) is 29.7 Å². The molecule has 2 N–H and O–H groups in total. The normalized spacial score (nSPS) is 21.7. The summed E-state index contributed by atoms with van der Waals surface area (Å²) in [5.41, 5.74) is 0.952. The number of carbonyl (C=O) groups is 1. The molecule has 0 atom stereocenters. The molecule has 0 radical (unpaired) electrons.